The number of hydrogen-bond donors (Lipinski definition) is 0. The molecule has 4 rings (SSSR count). The van der Waals surface area contributed by atoms with Gasteiger partial charge in [0.2, 0.25) is 9.84 Å². The lowest BCUT2D eigenvalue weighted by molar-refractivity contribution is -0.140. The Hall–Kier alpha value is -2.29. The van der Waals surface area contributed by atoms with E-state index in [0.29, 0.717) is 24.0 Å². The lowest BCUT2D eigenvalue weighted by Gasteiger charge is -2.13. The van der Waals surface area contributed by atoms with Gasteiger partial charge in [0.25, 0.3) is 0 Å². The van der Waals surface area contributed by atoms with Crippen LogP contribution in [0.2, 0.25) is 0 Å². The molecule has 0 saturated heterocycles. The summed E-state index contributed by atoms with van der Waals surface area (Å²) in [5.74, 6) is -4.89. The van der Waals surface area contributed by atoms with Gasteiger partial charge in [-0.25, -0.2) is 12.8 Å². The van der Waals surface area contributed by atoms with Gasteiger partial charge in [-0.2, -0.15) is 22.0 Å². The Kier molecular flexibility index (Phi) is 4.80. The number of halogens is 6. The Balaban J connectivity index is 1.78. The molecule has 1 saturated carbocycles. The van der Waals surface area contributed by atoms with Gasteiger partial charge in [-0.3, -0.25) is 0 Å². The molecule has 0 aromatic heterocycles. The van der Waals surface area contributed by atoms with Gasteiger partial charge in [-0.1, -0.05) is 18.2 Å². The van der Waals surface area contributed by atoms with Crippen molar-refractivity contribution in [1.82, 2.24) is 0 Å². The van der Waals surface area contributed by atoms with Crippen LogP contribution in [0, 0.1) is 11.2 Å². The molecule has 2 aromatic rings. The van der Waals surface area contributed by atoms with Crippen LogP contribution in [-0.4, -0.2) is 14.2 Å². The summed E-state index contributed by atoms with van der Waals surface area (Å²) in [6, 6.07) is 7.81. The summed E-state index contributed by atoms with van der Waals surface area (Å²) in [5.41, 5.74) is 0.787. The molecular weight excluding hydrogens is 430 g/mol. The molecule has 2 aromatic carbocycles. The minimum atomic E-state index is -4.83. The maximum atomic E-state index is 13.7. The Morgan fingerprint density at radius 3 is 1.90 bits per heavy atom. The second-order valence-electron chi connectivity index (χ2n) is 7.83. The summed E-state index contributed by atoms with van der Waals surface area (Å²) in [5, 5.41) is 0. The molecule has 0 amide bonds. The molecule has 0 heterocycles. The van der Waals surface area contributed by atoms with Crippen LogP contribution in [0.1, 0.15) is 42.4 Å². The summed E-state index contributed by atoms with van der Waals surface area (Å²) in [6.07, 6.45) is -1.90. The molecule has 2 nitrogen and oxygen atoms in total. The Morgan fingerprint density at radius 2 is 1.40 bits per heavy atom. The average molecular weight is 446 g/mol. The van der Waals surface area contributed by atoms with Crippen LogP contribution in [0.3, 0.4) is 0 Å². The van der Waals surface area contributed by atoms with Gasteiger partial charge in [-0.15, -0.1) is 0 Å². The van der Waals surface area contributed by atoms with E-state index in [1.54, 1.807) is 0 Å². The number of benzene rings is 2. The minimum Gasteiger partial charge on any atom is -0.218 e. The van der Waals surface area contributed by atoms with Crippen molar-refractivity contribution in [2.45, 2.75) is 42.5 Å². The van der Waals surface area contributed by atoms with E-state index in [-0.39, 0.29) is 11.0 Å². The smallest absolute Gasteiger partial charge is 0.218 e. The number of alkyl halides is 5. The third-order valence-electron chi connectivity index (χ3n) is 5.81. The van der Waals surface area contributed by atoms with Crippen LogP contribution in [0.15, 0.2) is 47.4 Å². The van der Waals surface area contributed by atoms with Crippen LogP contribution >= 0.6 is 0 Å². The minimum absolute atomic E-state index is 0.0504. The van der Waals surface area contributed by atoms with Crippen molar-refractivity contribution >= 4 is 21.0 Å². The fourth-order valence-corrected chi connectivity index (χ4v) is 4.71. The van der Waals surface area contributed by atoms with Gasteiger partial charge in [0.05, 0.1) is 10.5 Å². The molecule has 160 valence electrons. The van der Waals surface area contributed by atoms with Crippen molar-refractivity contribution in [3.8, 4) is 0 Å². The standard InChI is InChI=1S/C21H16F6O2S/c22-18-6-3-13(9-17(18)21(25,26)27)16-11-20(7-8-20)10-15(16)12-1-4-14(5-2-12)30(28,29)19(23)24/h1-6,9,19H,7-8,10-11H2. The summed E-state index contributed by atoms with van der Waals surface area (Å²) in [7, 11) is -4.74. The molecule has 2 aliphatic carbocycles. The fraction of sp³-hybridized carbons (Fsp3) is 0.333. The molecule has 0 bridgehead atoms. The van der Waals surface area contributed by atoms with Crippen LogP contribution in [0.25, 0.3) is 11.1 Å². The number of sulfone groups is 1. The Bertz CT molecular complexity index is 1130. The second-order valence-corrected chi connectivity index (χ2v) is 9.75. The first kappa shape index (κ1) is 21.0. The van der Waals surface area contributed by atoms with Crippen LogP contribution in [-0.2, 0) is 16.0 Å². The largest absolute Gasteiger partial charge is 0.419 e. The molecule has 1 spiro atoms. The lowest BCUT2D eigenvalue weighted by Crippen LogP contribution is -2.11. The van der Waals surface area contributed by atoms with E-state index in [2.05, 4.69) is 0 Å². The van der Waals surface area contributed by atoms with Gasteiger partial charge >= 0.3 is 11.9 Å². The fourth-order valence-electron chi connectivity index (χ4n) is 3.99. The number of allylic oxidation sites excluding steroid dienone is 2. The third kappa shape index (κ3) is 3.64. The highest BCUT2D eigenvalue weighted by molar-refractivity contribution is 7.91. The highest BCUT2D eigenvalue weighted by Gasteiger charge is 2.48. The van der Waals surface area contributed by atoms with Crippen molar-refractivity contribution in [2.24, 2.45) is 5.41 Å². The zero-order chi connectivity index (χ0) is 21.9. The Labute approximate surface area is 169 Å². The van der Waals surface area contributed by atoms with E-state index in [4.69, 9.17) is 0 Å². The van der Waals surface area contributed by atoms with Gasteiger partial charge in [0.1, 0.15) is 5.82 Å². The molecule has 30 heavy (non-hydrogen) atoms. The predicted octanol–water partition coefficient (Wildman–Crippen LogP) is 6.33. The highest BCUT2D eigenvalue weighted by atomic mass is 32.2. The van der Waals surface area contributed by atoms with Crippen molar-refractivity contribution in [3.63, 3.8) is 0 Å². The SMILES string of the molecule is O=S(=O)(c1ccc(C2=C(c3ccc(F)c(C(F)(F)F)c3)CC3(CC3)C2)cc1)C(F)F. The van der Waals surface area contributed by atoms with Gasteiger partial charge in [0, 0.05) is 0 Å². The summed E-state index contributed by atoms with van der Waals surface area (Å²) in [4.78, 5) is -0.524. The molecule has 2 aliphatic rings. The zero-order valence-electron chi connectivity index (χ0n) is 15.4. The predicted molar refractivity (Wildman–Crippen MR) is 98.7 cm³/mol. The topological polar surface area (TPSA) is 34.1 Å². The van der Waals surface area contributed by atoms with E-state index in [9.17, 15) is 34.8 Å². The van der Waals surface area contributed by atoms with Crippen molar-refractivity contribution < 1.29 is 34.8 Å². The summed E-state index contributed by atoms with van der Waals surface area (Å²) < 4.78 is 102. The first-order chi connectivity index (χ1) is 13.9. The lowest BCUT2D eigenvalue weighted by atomic mass is 9.95. The zero-order valence-corrected chi connectivity index (χ0v) is 16.3. The molecule has 1 fully saturated rings. The highest BCUT2D eigenvalue weighted by Crippen LogP contribution is 2.63. The molecule has 0 N–H and O–H groups in total. The van der Waals surface area contributed by atoms with Gasteiger partial charge in [0.15, 0.2) is 0 Å². The third-order valence-corrected chi connectivity index (χ3v) is 7.21. The quantitative estimate of drug-likeness (QED) is 0.515. The number of rotatable bonds is 4. The van der Waals surface area contributed by atoms with Crippen molar-refractivity contribution in [1.29, 1.82) is 0 Å². The van der Waals surface area contributed by atoms with E-state index in [1.165, 1.54) is 18.2 Å². The van der Waals surface area contributed by atoms with Gasteiger partial charge < -0.3 is 0 Å². The van der Waals surface area contributed by atoms with Gasteiger partial charge in [-0.05, 0) is 77.6 Å². The first-order valence-electron chi connectivity index (χ1n) is 9.15. The molecule has 0 atom stereocenters. The summed E-state index contributed by atoms with van der Waals surface area (Å²) >= 11 is 0. The second kappa shape index (κ2) is 6.87. The van der Waals surface area contributed by atoms with Crippen LogP contribution < -0.4 is 0 Å². The van der Waals surface area contributed by atoms with Crippen molar-refractivity contribution in [3.05, 3.63) is 65.0 Å². The average Bonchev–Trinajstić information content (AvgIpc) is 3.32. The van der Waals surface area contributed by atoms with Crippen molar-refractivity contribution in [2.75, 3.05) is 0 Å². The van der Waals surface area contributed by atoms with E-state index in [0.717, 1.165) is 42.7 Å². The van der Waals surface area contributed by atoms with Crippen LogP contribution in [0.5, 0.6) is 0 Å². The van der Waals surface area contributed by atoms with E-state index in [1.807, 2.05) is 0 Å². The maximum Gasteiger partial charge on any atom is 0.419 e. The van der Waals surface area contributed by atoms with E-state index < -0.39 is 38.0 Å². The molecule has 9 heteroatoms. The first-order valence-corrected chi connectivity index (χ1v) is 10.7. The monoisotopic (exact) mass is 446 g/mol. The molecule has 0 unspecified atom stereocenters. The normalized spacial score (nSPS) is 18.5. The summed E-state index contributed by atoms with van der Waals surface area (Å²) in [6.45, 7) is 0. The van der Waals surface area contributed by atoms with E-state index >= 15 is 0 Å². The molecule has 0 radical (unpaired) electrons. The molecule has 0 aliphatic heterocycles. The Morgan fingerprint density at radius 1 is 0.867 bits per heavy atom. The maximum absolute atomic E-state index is 13.7. The van der Waals surface area contributed by atoms with Crippen LogP contribution in [0.4, 0.5) is 26.3 Å². The molecular formula is C21H16F6O2S. The number of hydrogen-bond acceptors (Lipinski definition) is 2.